The van der Waals surface area contributed by atoms with Crippen molar-refractivity contribution < 1.29 is 24.1 Å². The van der Waals surface area contributed by atoms with Gasteiger partial charge in [0, 0.05) is 24.1 Å². The van der Waals surface area contributed by atoms with Crippen LogP contribution in [0.4, 0.5) is 0 Å². The van der Waals surface area contributed by atoms with Gasteiger partial charge in [0.05, 0.1) is 27.9 Å². The molecular formula is C27H28N2O5. The van der Waals surface area contributed by atoms with E-state index in [0.29, 0.717) is 49.1 Å². The summed E-state index contributed by atoms with van der Waals surface area (Å²) in [7, 11) is 4.75. The molecule has 0 radical (unpaired) electrons. The smallest absolute Gasteiger partial charge is 0.203 e. The second-order valence-electron chi connectivity index (χ2n) is 8.36. The summed E-state index contributed by atoms with van der Waals surface area (Å²) >= 11 is 0. The van der Waals surface area contributed by atoms with Crippen molar-refractivity contribution in [3.8, 4) is 23.0 Å². The van der Waals surface area contributed by atoms with Gasteiger partial charge in [-0.05, 0) is 35.4 Å². The topological polar surface area (TPSA) is 72.8 Å². The molecule has 3 aromatic rings. The normalized spacial score (nSPS) is 18.6. The SMILES string of the molecule is COc1cc(COc2cccc(C3(O)Cc4ccccc4C4=NCCN43)c2)cc(OC)c1OC. The van der Waals surface area contributed by atoms with Gasteiger partial charge in [-0.25, -0.2) is 0 Å². The third-order valence-electron chi connectivity index (χ3n) is 6.41. The van der Waals surface area contributed by atoms with Gasteiger partial charge in [-0.15, -0.1) is 0 Å². The number of hydrogen-bond acceptors (Lipinski definition) is 7. The lowest BCUT2D eigenvalue weighted by atomic mass is 9.86. The molecule has 2 aliphatic rings. The van der Waals surface area contributed by atoms with Gasteiger partial charge in [0.2, 0.25) is 5.75 Å². The summed E-state index contributed by atoms with van der Waals surface area (Å²) in [6, 6.07) is 19.5. The molecule has 1 N–H and O–H groups in total. The van der Waals surface area contributed by atoms with E-state index in [-0.39, 0.29) is 0 Å². The van der Waals surface area contributed by atoms with E-state index in [0.717, 1.165) is 28.1 Å². The monoisotopic (exact) mass is 460 g/mol. The van der Waals surface area contributed by atoms with Crippen molar-refractivity contribution in [1.82, 2.24) is 4.90 Å². The highest BCUT2D eigenvalue weighted by Gasteiger charge is 2.45. The first-order chi connectivity index (χ1) is 16.6. The zero-order valence-electron chi connectivity index (χ0n) is 19.6. The number of fused-ring (bicyclic) bond motifs is 3. The van der Waals surface area contributed by atoms with Gasteiger partial charge in [-0.3, -0.25) is 4.99 Å². The zero-order chi connectivity index (χ0) is 23.7. The van der Waals surface area contributed by atoms with Crippen LogP contribution in [0.5, 0.6) is 23.0 Å². The fourth-order valence-electron chi connectivity index (χ4n) is 4.77. The Labute approximate surface area is 199 Å². The maximum Gasteiger partial charge on any atom is 0.203 e. The molecule has 0 spiro atoms. The van der Waals surface area contributed by atoms with Crippen LogP contribution in [0.3, 0.4) is 0 Å². The Bertz CT molecular complexity index is 1220. The van der Waals surface area contributed by atoms with Crippen molar-refractivity contribution >= 4 is 5.84 Å². The first-order valence-electron chi connectivity index (χ1n) is 11.2. The van der Waals surface area contributed by atoms with E-state index in [1.54, 1.807) is 21.3 Å². The van der Waals surface area contributed by atoms with E-state index < -0.39 is 5.72 Å². The summed E-state index contributed by atoms with van der Waals surface area (Å²) < 4.78 is 22.4. The summed E-state index contributed by atoms with van der Waals surface area (Å²) in [5.41, 5.74) is 2.65. The van der Waals surface area contributed by atoms with Crippen LogP contribution in [0, 0.1) is 0 Å². The maximum atomic E-state index is 11.9. The Kier molecular flexibility index (Phi) is 5.79. The molecule has 0 bridgehead atoms. The third kappa shape index (κ3) is 3.72. The highest BCUT2D eigenvalue weighted by Crippen LogP contribution is 2.40. The first kappa shape index (κ1) is 22.1. The van der Waals surface area contributed by atoms with Crippen LogP contribution in [0.1, 0.15) is 22.3 Å². The van der Waals surface area contributed by atoms with Gasteiger partial charge >= 0.3 is 0 Å². The number of benzene rings is 3. The minimum Gasteiger partial charge on any atom is -0.493 e. The first-order valence-corrected chi connectivity index (χ1v) is 11.2. The van der Waals surface area contributed by atoms with Gasteiger partial charge in [-0.1, -0.05) is 36.4 Å². The Morgan fingerprint density at radius 2 is 1.71 bits per heavy atom. The van der Waals surface area contributed by atoms with Crippen molar-refractivity contribution in [2.75, 3.05) is 34.4 Å². The van der Waals surface area contributed by atoms with Crippen LogP contribution in [0.15, 0.2) is 65.7 Å². The molecule has 0 saturated heterocycles. The van der Waals surface area contributed by atoms with E-state index >= 15 is 0 Å². The number of aliphatic hydroxyl groups is 1. The molecular weight excluding hydrogens is 432 g/mol. The lowest BCUT2D eigenvalue weighted by Gasteiger charge is -2.43. The molecule has 0 aliphatic carbocycles. The predicted octanol–water partition coefficient (Wildman–Crippen LogP) is 3.76. The predicted molar refractivity (Wildman–Crippen MR) is 129 cm³/mol. The molecule has 1 atom stereocenters. The highest BCUT2D eigenvalue weighted by atomic mass is 16.5. The second kappa shape index (κ2) is 8.91. The summed E-state index contributed by atoms with van der Waals surface area (Å²) in [6.45, 7) is 1.65. The molecule has 0 fully saturated rings. The second-order valence-corrected chi connectivity index (χ2v) is 8.36. The lowest BCUT2D eigenvalue weighted by Crippen LogP contribution is -2.53. The number of nitrogens with zero attached hydrogens (tertiary/aromatic N) is 2. The van der Waals surface area contributed by atoms with Crippen LogP contribution in [0.25, 0.3) is 0 Å². The van der Waals surface area contributed by atoms with Gasteiger partial charge < -0.3 is 29.0 Å². The molecule has 5 rings (SSSR count). The number of ether oxygens (including phenoxy) is 4. The molecule has 7 nitrogen and oxygen atoms in total. The molecule has 2 heterocycles. The summed E-state index contributed by atoms with van der Waals surface area (Å²) in [5.74, 6) is 3.21. The van der Waals surface area contributed by atoms with Crippen molar-refractivity contribution in [2.24, 2.45) is 4.99 Å². The number of methoxy groups -OCH3 is 3. The number of hydrogen-bond donors (Lipinski definition) is 1. The van der Waals surface area contributed by atoms with Crippen LogP contribution < -0.4 is 18.9 Å². The minimum atomic E-state index is -1.18. The summed E-state index contributed by atoms with van der Waals surface area (Å²) in [4.78, 5) is 6.69. The van der Waals surface area contributed by atoms with Crippen LogP contribution >= 0.6 is 0 Å². The van der Waals surface area contributed by atoms with Crippen molar-refractivity contribution in [3.63, 3.8) is 0 Å². The maximum absolute atomic E-state index is 11.9. The zero-order valence-corrected chi connectivity index (χ0v) is 19.6. The quantitative estimate of drug-likeness (QED) is 0.579. The van der Waals surface area contributed by atoms with Gasteiger partial charge in [-0.2, -0.15) is 0 Å². The van der Waals surface area contributed by atoms with Crippen LogP contribution in [0.2, 0.25) is 0 Å². The molecule has 0 saturated carbocycles. The lowest BCUT2D eigenvalue weighted by molar-refractivity contribution is -0.0746. The third-order valence-corrected chi connectivity index (χ3v) is 6.41. The Hall–Kier alpha value is -3.71. The van der Waals surface area contributed by atoms with Gasteiger partial charge in [0.15, 0.2) is 17.2 Å². The molecule has 34 heavy (non-hydrogen) atoms. The average molecular weight is 461 g/mol. The fraction of sp³-hybridized carbons (Fsp3) is 0.296. The minimum absolute atomic E-state index is 0.303. The Morgan fingerprint density at radius 3 is 2.44 bits per heavy atom. The molecule has 7 heteroatoms. The van der Waals surface area contributed by atoms with Crippen molar-refractivity contribution in [2.45, 2.75) is 18.8 Å². The van der Waals surface area contributed by atoms with Crippen LogP contribution in [-0.4, -0.2) is 50.3 Å². The Morgan fingerprint density at radius 1 is 0.941 bits per heavy atom. The van der Waals surface area contributed by atoms with E-state index in [2.05, 4.69) is 17.1 Å². The van der Waals surface area contributed by atoms with Gasteiger partial charge in [0.1, 0.15) is 18.2 Å². The van der Waals surface area contributed by atoms with E-state index in [4.69, 9.17) is 18.9 Å². The highest BCUT2D eigenvalue weighted by molar-refractivity contribution is 6.02. The largest absolute Gasteiger partial charge is 0.493 e. The molecule has 3 aromatic carbocycles. The average Bonchev–Trinajstić information content (AvgIpc) is 3.38. The summed E-state index contributed by atoms with van der Waals surface area (Å²) in [5, 5.41) is 11.9. The number of rotatable bonds is 7. The summed E-state index contributed by atoms with van der Waals surface area (Å²) in [6.07, 6.45) is 0.485. The van der Waals surface area contributed by atoms with Crippen molar-refractivity contribution in [3.05, 3.63) is 82.9 Å². The van der Waals surface area contributed by atoms with Crippen molar-refractivity contribution in [1.29, 1.82) is 0 Å². The number of aliphatic imine (C=N–C) groups is 1. The molecule has 176 valence electrons. The molecule has 1 unspecified atom stereocenters. The Balaban J connectivity index is 1.41. The molecule has 0 aromatic heterocycles. The fourth-order valence-corrected chi connectivity index (χ4v) is 4.77. The standard InChI is InChI=1S/C27H28N2O5/c1-31-23-13-18(14-24(32-2)25(23)33-3)17-34-21-9-6-8-20(15-21)27(30)16-19-7-4-5-10-22(19)26-28-11-12-29(26)27/h4-10,13-15,30H,11-12,16-17H2,1-3H3. The molecule has 2 aliphatic heterocycles. The van der Waals surface area contributed by atoms with E-state index in [1.807, 2.05) is 53.4 Å². The van der Waals surface area contributed by atoms with Gasteiger partial charge in [0.25, 0.3) is 0 Å². The van der Waals surface area contributed by atoms with E-state index in [9.17, 15) is 5.11 Å². The van der Waals surface area contributed by atoms with E-state index in [1.165, 1.54) is 0 Å². The number of amidine groups is 1. The molecule has 0 amide bonds. The van der Waals surface area contributed by atoms with Crippen LogP contribution in [-0.2, 0) is 18.8 Å².